The first-order chi connectivity index (χ1) is 14.5. The maximum absolute atomic E-state index is 12.8. The third-order valence-electron chi connectivity index (χ3n) is 6.17. The van der Waals surface area contributed by atoms with Crippen LogP contribution in [0.25, 0.3) is 0 Å². The second kappa shape index (κ2) is 9.28. The lowest BCUT2D eigenvalue weighted by Crippen LogP contribution is -2.53. The summed E-state index contributed by atoms with van der Waals surface area (Å²) in [6, 6.07) is 1.99. The first-order valence-corrected chi connectivity index (χ1v) is 10.8. The van der Waals surface area contributed by atoms with Crippen LogP contribution in [0.15, 0.2) is 15.1 Å². The second-order valence-electron chi connectivity index (χ2n) is 8.44. The summed E-state index contributed by atoms with van der Waals surface area (Å²) < 4.78 is 10.4. The fourth-order valence-electron chi connectivity index (χ4n) is 4.22. The summed E-state index contributed by atoms with van der Waals surface area (Å²) >= 11 is 0. The Morgan fingerprint density at radius 1 is 0.867 bits per heavy atom. The normalized spacial score (nSPS) is 19.5. The third kappa shape index (κ3) is 5.08. The number of nitrogens with zero attached hydrogens (tertiary/aromatic N) is 6. The second-order valence-corrected chi connectivity index (χ2v) is 8.44. The molecule has 4 rings (SSSR count). The summed E-state index contributed by atoms with van der Waals surface area (Å²) in [5.74, 6) is 1.98. The van der Waals surface area contributed by atoms with E-state index in [4.69, 9.17) is 9.05 Å². The molecule has 0 spiro atoms. The van der Waals surface area contributed by atoms with Crippen molar-refractivity contribution in [3.63, 3.8) is 0 Å². The maximum Gasteiger partial charge on any atom is 0.236 e. The smallest absolute Gasteiger partial charge is 0.236 e. The van der Waals surface area contributed by atoms with E-state index in [9.17, 15) is 4.79 Å². The van der Waals surface area contributed by atoms with Crippen LogP contribution in [0.3, 0.4) is 0 Å². The van der Waals surface area contributed by atoms with Gasteiger partial charge in [0.25, 0.3) is 0 Å². The standard InChI is InChI=1S/C21H32N6O3/c1-16-12-19(23-29-16)13-24-4-6-26(7-5-24)15-21(28)27-10-8-25(9-11-27)14-20-17(2)22-30-18(20)3/h12H,4-11,13-15H2,1-3H3. The highest BCUT2D eigenvalue weighted by Crippen LogP contribution is 2.16. The number of carbonyl (C=O) groups is 1. The number of amides is 1. The van der Waals surface area contributed by atoms with E-state index in [1.807, 2.05) is 31.7 Å². The van der Waals surface area contributed by atoms with Crippen molar-refractivity contribution in [3.05, 3.63) is 34.5 Å². The van der Waals surface area contributed by atoms with E-state index in [2.05, 4.69) is 25.0 Å². The van der Waals surface area contributed by atoms with E-state index in [1.165, 1.54) is 5.56 Å². The highest BCUT2D eigenvalue weighted by Gasteiger charge is 2.26. The van der Waals surface area contributed by atoms with Crippen molar-refractivity contribution in [3.8, 4) is 0 Å². The molecule has 2 saturated heterocycles. The van der Waals surface area contributed by atoms with Gasteiger partial charge >= 0.3 is 0 Å². The zero-order valence-corrected chi connectivity index (χ0v) is 18.3. The maximum atomic E-state index is 12.8. The molecule has 0 unspecified atom stereocenters. The summed E-state index contributed by atoms with van der Waals surface area (Å²) in [6.07, 6.45) is 0. The van der Waals surface area contributed by atoms with Crippen LogP contribution in [-0.4, -0.2) is 94.7 Å². The van der Waals surface area contributed by atoms with Gasteiger partial charge in [-0.15, -0.1) is 0 Å². The van der Waals surface area contributed by atoms with Crippen LogP contribution < -0.4 is 0 Å². The van der Waals surface area contributed by atoms with Gasteiger partial charge in [-0.2, -0.15) is 0 Å². The van der Waals surface area contributed by atoms with E-state index in [-0.39, 0.29) is 5.91 Å². The Bertz CT molecular complexity index is 827. The van der Waals surface area contributed by atoms with Crippen LogP contribution in [0.1, 0.15) is 28.5 Å². The molecular formula is C21H32N6O3. The van der Waals surface area contributed by atoms with Crippen LogP contribution in [0.4, 0.5) is 0 Å². The predicted molar refractivity (Wildman–Crippen MR) is 111 cm³/mol. The summed E-state index contributed by atoms with van der Waals surface area (Å²) in [5, 5.41) is 8.11. The van der Waals surface area contributed by atoms with Gasteiger partial charge in [0.2, 0.25) is 5.91 Å². The van der Waals surface area contributed by atoms with Gasteiger partial charge in [0.15, 0.2) is 0 Å². The van der Waals surface area contributed by atoms with Crippen LogP contribution in [0, 0.1) is 20.8 Å². The Balaban J connectivity index is 1.17. The molecule has 2 aliphatic rings. The number of hydrogen-bond acceptors (Lipinski definition) is 8. The highest BCUT2D eigenvalue weighted by atomic mass is 16.5. The average Bonchev–Trinajstić information content (AvgIpc) is 3.29. The minimum absolute atomic E-state index is 0.243. The SMILES string of the molecule is Cc1cc(CN2CCN(CC(=O)N3CCN(Cc4c(C)noc4C)CC3)CC2)no1. The molecule has 9 heteroatoms. The van der Waals surface area contributed by atoms with Crippen molar-refractivity contribution in [2.45, 2.75) is 33.9 Å². The number of rotatable bonds is 6. The van der Waals surface area contributed by atoms with Crippen LogP contribution in [0.5, 0.6) is 0 Å². The molecule has 2 fully saturated rings. The molecule has 0 aliphatic carbocycles. The molecule has 4 heterocycles. The number of hydrogen-bond donors (Lipinski definition) is 0. The summed E-state index contributed by atoms with van der Waals surface area (Å²) in [4.78, 5) is 21.8. The summed E-state index contributed by atoms with van der Waals surface area (Å²) in [5.41, 5.74) is 3.11. The van der Waals surface area contributed by atoms with E-state index in [0.29, 0.717) is 6.54 Å². The molecular weight excluding hydrogens is 384 g/mol. The molecule has 164 valence electrons. The molecule has 0 atom stereocenters. The van der Waals surface area contributed by atoms with Crippen LogP contribution in [0.2, 0.25) is 0 Å². The molecule has 0 bridgehead atoms. The number of carbonyl (C=O) groups excluding carboxylic acids is 1. The lowest BCUT2D eigenvalue weighted by molar-refractivity contribution is -0.134. The first-order valence-electron chi connectivity index (χ1n) is 10.8. The molecule has 0 N–H and O–H groups in total. The van der Waals surface area contributed by atoms with E-state index in [1.54, 1.807) is 0 Å². The molecule has 2 aromatic rings. The van der Waals surface area contributed by atoms with Gasteiger partial charge < -0.3 is 13.9 Å². The predicted octanol–water partition coefficient (Wildman–Crippen LogP) is 1.05. The van der Waals surface area contributed by atoms with Crippen molar-refractivity contribution >= 4 is 5.91 Å². The van der Waals surface area contributed by atoms with Crippen molar-refractivity contribution in [2.24, 2.45) is 0 Å². The molecule has 2 aliphatic heterocycles. The quantitative estimate of drug-likeness (QED) is 0.691. The molecule has 1 amide bonds. The monoisotopic (exact) mass is 416 g/mol. The number of aryl methyl sites for hydroxylation is 3. The Kier molecular flexibility index (Phi) is 6.50. The topological polar surface area (TPSA) is 82.1 Å². The first kappa shape index (κ1) is 21.0. The molecule has 9 nitrogen and oxygen atoms in total. The van der Waals surface area contributed by atoms with Crippen molar-refractivity contribution < 1.29 is 13.8 Å². The van der Waals surface area contributed by atoms with Crippen molar-refractivity contribution in [2.75, 3.05) is 58.9 Å². The highest BCUT2D eigenvalue weighted by molar-refractivity contribution is 5.78. The lowest BCUT2D eigenvalue weighted by Gasteiger charge is -2.37. The molecule has 30 heavy (non-hydrogen) atoms. The Morgan fingerprint density at radius 2 is 1.50 bits per heavy atom. The van der Waals surface area contributed by atoms with Crippen molar-refractivity contribution in [1.82, 2.24) is 29.9 Å². The number of aromatic nitrogens is 2. The molecule has 2 aromatic heterocycles. The average molecular weight is 417 g/mol. The zero-order valence-electron chi connectivity index (χ0n) is 18.3. The van der Waals surface area contributed by atoms with Gasteiger partial charge in [0.05, 0.1) is 17.9 Å². The van der Waals surface area contributed by atoms with Crippen LogP contribution in [-0.2, 0) is 17.9 Å². The molecule has 0 saturated carbocycles. The Labute approximate surface area is 177 Å². The van der Waals surface area contributed by atoms with Gasteiger partial charge in [0.1, 0.15) is 11.5 Å². The Morgan fingerprint density at radius 3 is 2.10 bits per heavy atom. The molecule has 0 aromatic carbocycles. The van der Waals surface area contributed by atoms with E-state index >= 15 is 0 Å². The van der Waals surface area contributed by atoms with Gasteiger partial charge in [-0.05, 0) is 20.8 Å². The third-order valence-corrected chi connectivity index (χ3v) is 6.17. The molecule has 0 radical (unpaired) electrons. The Hall–Kier alpha value is -2.23. The van der Waals surface area contributed by atoms with Gasteiger partial charge in [-0.3, -0.25) is 19.5 Å². The summed E-state index contributed by atoms with van der Waals surface area (Å²) in [7, 11) is 0. The van der Waals surface area contributed by atoms with Crippen molar-refractivity contribution in [1.29, 1.82) is 0 Å². The van der Waals surface area contributed by atoms with E-state index < -0.39 is 0 Å². The summed E-state index contributed by atoms with van der Waals surface area (Å²) in [6.45, 7) is 15.1. The van der Waals surface area contributed by atoms with Crippen LogP contribution >= 0.6 is 0 Å². The lowest BCUT2D eigenvalue weighted by atomic mass is 10.1. The van der Waals surface area contributed by atoms with E-state index in [0.717, 1.165) is 88.4 Å². The number of piperazine rings is 2. The zero-order chi connectivity index (χ0) is 21.1. The fraction of sp³-hybridized carbons (Fsp3) is 0.667. The minimum Gasteiger partial charge on any atom is -0.361 e. The minimum atomic E-state index is 0.243. The van der Waals surface area contributed by atoms with Gasteiger partial charge in [-0.25, -0.2) is 0 Å². The van der Waals surface area contributed by atoms with Gasteiger partial charge in [0, 0.05) is 77.1 Å². The van der Waals surface area contributed by atoms with Gasteiger partial charge in [-0.1, -0.05) is 10.3 Å². The largest absolute Gasteiger partial charge is 0.361 e. The fourth-order valence-corrected chi connectivity index (χ4v) is 4.22.